The van der Waals surface area contributed by atoms with Crippen molar-refractivity contribution in [3.63, 3.8) is 0 Å². The quantitative estimate of drug-likeness (QED) is 0.396. The number of fused-ring (bicyclic) bond motifs is 1. The molecule has 6 nitrogen and oxygen atoms in total. The number of aromatic nitrogens is 2. The molecular formula is C23H24N4O2S2. The lowest BCUT2D eigenvalue weighted by Crippen LogP contribution is -2.37. The Bertz CT molecular complexity index is 1150. The molecule has 160 valence electrons. The molecule has 2 N–H and O–H groups in total. The normalized spacial score (nSPS) is 16.4. The third kappa shape index (κ3) is 4.88. The fourth-order valence-corrected chi connectivity index (χ4v) is 5.46. The Morgan fingerprint density at radius 1 is 1.26 bits per heavy atom. The summed E-state index contributed by atoms with van der Waals surface area (Å²) in [5.41, 5.74) is 2.99. The summed E-state index contributed by atoms with van der Waals surface area (Å²) >= 11 is 3.17. The van der Waals surface area contributed by atoms with Gasteiger partial charge in [-0.2, -0.15) is 0 Å². The molecule has 0 spiro atoms. The molecule has 4 aromatic rings. The van der Waals surface area contributed by atoms with Gasteiger partial charge >= 0.3 is 0 Å². The van der Waals surface area contributed by atoms with Gasteiger partial charge in [0.2, 0.25) is 5.91 Å². The zero-order chi connectivity index (χ0) is 21.0. The molecule has 8 heteroatoms. The highest BCUT2D eigenvalue weighted by Crippen LogP contribution is 2.31. The van der Waals surface area contributed by atoms with Gasteiger partial charge < -0.3 is 15.0 Å². The molecule has 1 amide bonds. The van der Waals surface area contributed by atoms with Crippen LogP contribution in [0.2, 0.25) is 0 Å². The molecule has 1 unspecified atom stereocenters. The molecule has 1 aromatic carbocycles. The Balaban J connectivity index is 1.25. The van der Waals surface area contributed by atoms with E-state index < -0.39 is 0 Å². The highest BCUT2D eigenvalue weighted by molar-refractivity contribution is 7.14. The SMILES string of the molecule is O=C(CN(Cc1cccs1)CC1CCCO1)Nc1nc(-c2c[nH]c3ccccc23)cs1. The fourth-order valence-electron chi connectivity index (χ4n) is 3.98. The summed E-state index contributed by atoms with van der Waals surface area (Å²) in [6.45, 7) is 2.66. The van der Waals surface area contributed by atoms with E-state index in [-0.39, 0.29) is 12.0 Å². The highest BCUT2D eigenvalue weighted by atomic mass is 32.1. The minimum absolute atomic E-state index is 0.0469. The van der Waals surface area contributed by atoms with Crippen molar-refractivity contribution in [2.45, 2.75) is 25.5 Å². The Labute approximate surface area is 188 Å². The second-order valence-electron chi connectivity index (χ2n) is 7.72. The number of carbonyl (C=O) groups excluding carboxylic acids is 1. The van der Waals surface area contributed by atoms with E-state index in [1.54, 1.807) is 11.3 Å². The smallest absolute Gasteiger partial charge is 0.240 e. The van der Waals surface area contributed by atoms with Crippen molar-refractivity contribution in [2.75, 3.05) is 25.0 Å². The summed E-state index contributed by atoms with van der Waals surface area (Å²) in [5.74, 6) is -0.0469. The molecule has 1 aliphatic heterocycles. The monoisotopic (exact) mass is 452 g/mol. The van der Waals surface area contributed by atoms with E-state index in [9.17, 15) is 4.79 Å². The summed E-state index contributed by atoms with van der Waals surface area (Å²) in [6, 6.07) is 12.3. The van der Waals surface area contributed by atoms with E-state index in [0.29, 0.717) is 11.7 Å². The molecular weight excluding hydrogens is 428 g/mol. The first-order chi connectivity index (χ1) is 15.2. The second kappa shape index (κ2) is 9.32. The van der Waals surface area contributed by atoms with Crippen molar-refractivity contribution >= 4 is 44.6 Å². The number of benzene rings is 1. The molecule has 1 aliphatic rings. The van der Waals surface area contributed by atoms with Crippen LogP contribution in [-0.4, -0.2) is 46.6 Å². The minimum atomic E-state index is -0.0469. The number of carbonyl (C=O) groups is 1. The number of aromatic amines is 1. The van der Waals surface area contributed by atoms with Gasteiger partial charge in [-0.25, -0.2) is 4.98 Å². The minimum Gasteiger partial charge on any atom is -0.377 e. The number of thiazole rings is 1. The first kappa shape index (κ1) is 20.4. The molecule has 1 atom stereocenters. The van der Waals surface area contributed by atoms with Crippen LogP contribution >= 0.6 is 22.7 Å². The summed E-state index contributed by atoms with van der Waals surface area (Å²) < 4.78 is 5.80. The summed E-state index contributed by atoms with van der Waals surface area (Å²) in [4.78, 5) is 24.2. The molecule has 1 saturated heterocycles. The van der Waals surface area contributed by atoms with E-state index >= 15 is 0 Å². The van der Waals surface area contributed by atoms with Crippen molar-refractivity contribution in [1.82, 2.24) is 14.9 Å². The summed E-state index contributed by atoms with van der Waals surface area (Å²) in [6.07, 6.45) is 4.33. The van der Waals surface area contributed by atoms with Gasteiger partial charge in [-0.3, -0.25) is 9.69 Å². The Kier molecular flexibility index (Phi) is 6.13. The van der Waals surface area contributed by atoms with Gasteiger partial charge in [0.25, 0.3) is 0 Å². The Hall–Kier alpha value is -2.52. The van der Waals surface area contributed by atoms with Crippen molar-refractivity contribution in [1.29, 1.82) is 0 Å². The van der Waals surface area contributed by atoms with Crippen molar-refractivity contribution < 1.29 is 9.53 Å². The highest BCUT2D eigenvalue weighted by Gasteiger charge is 2.22. The summed E-state index contributed by atoms with van der Waals surface area (Å²) in [7, 11) is 0. The summed E-state index contributed by atoms with van der Waals surface area (Å²) in [5, 5.41) is 8.80. The van der Waals surface area contributed by atoms with Crippen LogP contribution in [0.5, 0.6) is 0 Å². The molecule has 4 heterocycles. The molecule has 31 heavy (non-hydrogen) atoms. The van der Waals surface area contributed by atoms with Gasteiger partial charge in [0.15, 0.2) is 5.13 Å². The third-order valence-electron chi connectivity index (χ3n) is 5.43. The maximum absolute atomic E-state index is 12.8. The van der Waals surface area contributed by atoms with Crippen molar-refractivity contribution in [2.24, 2.45) is 0 Å². The third-order valence-corrected chi connectivity index (χ3v) is 7.05. The molecule has 0 radical (unpaired) electrons. The largest absolute Gasteiger partial charge is 0.377 e. The van der Waals surface area contributed by atoms with Crippen LogP contribution in [0.4, 0.5) is 5.13 Å². The van der Waals surface area contributed by atoms with E-state index in [1.807, 2.05) is 35.8 Å². The molecule has 5 rings (SSSR count). The van der Waals surface area contributed by atoms with Gasteiger partial charge in [-0.15, -0.1) is 22.7 Å². The number of nitrogens with one attached hydrogen (secondary N) is 2. The molecule has 3 aromatic heterocycles. The number of H-pyrrole nitrogens is 1. The van der Waals surface area contributed by atoms with Gasteiger partial charge in [0.1, 0.15) is 0 Å². The second-order valence-corrected chi connectivity index (χ2v) is 9.61. The lowest BCUT2D eigenvalue weighted by molar-refractivity contribution is -0.117. The molecule has 1 fully saturated rings. The maximum Gasteiger partial charge on any atom is 0.240 e. The molecule has 0 saturated carbocycles. The van der Waals surface area contributed by atoms with E-state index in [2.05, 4.69) is 37.7 Å². The van der Waals surface area contributed by atoms with Gasteiger partial charge in [-0.05, 0) is 30.4 Å². The number of ether oxygens (including phenoxy) is 1. The van der Waals surface area contributed by atoms with Gasteiger partial charge in [-0.1, -0.05) is 24.3 Å². The van der Waals surface area contributed by atoms with E-state index in [4.69, 9.17) is 4.74 Å². The molecule has 0 bridgehead atoms. The lowest BCUT2D eigenvalue weighted by Gasteiger charge is -2.23. The van der Waals surface area contributed by atoms with Crippen molar-refractivity contribution in [3.05, 3.63) is 58.2 Å². The zero-order valence-electron chi connectivity index (χ0n) is 17.0. The molecule has 0 aliphatic carbocycles. The van der Waals surface area contributed by atoms with Gasteiger partial charge in [0.05, 0.1) is 18.3 Å². The van der Waals surface area contributed by atoms with Crippen LogP contribution in [0.1, 0.15) is 17.7 Å². The number of rotatable bonds is 8. The number of amides is 1. The van der Waals surface area contributed by atoms with Crippen LogP contribution in [0.15, 0.2) is 53.4 Å². The first-order valence-corrected chi connectivity index (χ1v) is 12.2. The number of hydrogen-bond donors (Lipinski definition) is 2. The maximum atomic E-state index is 12.8. The van der Waals surface area contributed by atoms with Crippen LogP contribution in [0.3, 0.4) is 0 Å². The number of nitrogens with zero attached hydrogens (tertiary/aromatic N) is 2. The number of hydrogen-bond acceptors (Lipinski definition) is 6. The van der Waals surface area contributed by atoms with Crippen LogP contribution in [0, 0.1) is 0 Å². The average Bonchev–Trinajstić information content (AvgIpc) is 3.55. The zero-order valence-corrected chi connectivity index (χ0v) is 18.7. The first-order valence-electron chi connectivity index (χ1n) is 10.4. The Morgan fingerprint density at radius 2 is 2.19 bits per heavy atom. The average molecular weight is 453 g/mol. The number of thiophene rings is 1. The van der Waals surface area contributed by atoms with E-state index in [1.165, 1.54) is 16.2 Å². The topological polar surface area (TPSA) is 70.2 Å². The van der Waals surface area contributed by atoms with Crippen LogP contribution < -0.4 is 5.32 Å². The number of anilines is 1. The standard InChI is InChI=1S/C23H24N4O2S2/c28-22(14-27(12-16-5-3-9-29-16)13-17-6-4-10-30-17)26-23-25-21(15-31-23)19-11-24-20-8-2-1-7-18(19)20/h1-2,4,6-8,10-11,15-16,24H,3,5,9,12-14H2,(H,25,26,28). The van der Waals surface area contributed by atoms with Crippen LogP contribution in [-0.2, 0) is 16.1 Å². The Morgan fingerprint density at radius 3 is 3.03 bits per heavy atom. The van der Waals surface area contributed by atoms with E-state index in [0.717, 1.165) is 54.7 Å². The lowest BCUT2D eigenvalue weighted by atomic mass is 10.1. The predicted octanol–water partition coefficient (Wildman–Crippen LogP) is 4.97. The van der Waals surface area contributed by atoms with Crippen molar-refractivity contribution in [3.8, 4) is 11.3 Å². The predicted molar refractivity (Wildman–Crippen MR) is 127 cm³/mol. The number of para-hydroxylation sites is 1. The van der Waals surface area contributed by atoms with Gasteiger partial charge in [0, 0.05) is 52.6 Å². The van der Waals surface area contributed by atoms with Crippen LogP contribution in [0.25, 0.3) is 22.2 Å². The fraction of sp³-hybridized carbons (Fsp3) is 0.304.